The van der Waals surface area contributed by atoms with E-state index >= 15 is 0 Å². The van der Waals surface area contributed by atoms with E-state index in [0.717, 1.165) is 31.0 Å². The average molecular weight is 311 g/mol. The van der Waals surface area contributed by atoms with Crippen LogP contribution in [0.15, 0.2) is 36.9 Å². The van der Waals surface area contributed by atoms with E-state index in [1.54, 1.807) is 18.6 Å². The number of hydrogen-bond acceptors (Lipinski definition) is 4. The molecule has 1 amide bonds. The summed E-state index contributed by atoms with van der Waals surface area (Å²) in [5.41, 5.74) is 0.767. The van der Waals surface area contributed by atoms with E-state index in [4.69, 9.17) is 0 Å². The van der Waals surface area contributed by atoms with Crippen LogP contribution in [0, 0.1) is 11.8 Å². The van der Waals surface area contributed by atoms with Gasteiger partial charge in [-0.3, -0.25) is 9.78 Å². The Bertz CT molecular complexity index is 698. The van der Waals surface area contributed by atoms with Crippen LogP contribution < -0.4 is 5.32 Å². The fraction of sp³-hybridized carbons (Fsp3) is 0.471. The van der Waals surface area contributed by atoms with Crippen LogP contribution in [0.1, 0.15) is 23.3 Å². The van der Waals surface area contributed by atoms with Crippen LogP contribution in [0.5, 0.6) is 0 Å². The number of aryl methyl sites for hydroxylation is 1. The van der Waals surface area contributed by atoms with Gasteiger partial charge in [-0.2, -0.15) is 0 Å². The quantitative estimate of drug-likeness (QED) is 0.938. The minimum atomic E-state index is 0.144. The Labute approximate surface area is 135 Å². The maximum Gasteiger partial charge on any atom is 0.270 e. The molecule has 6 nitrogen and oxygen atoms in total. The highest BCUT2D eigenvalue weighted by atomic mass is 16.2. The van der Waals surface area contributed by atoms with Gasteiger partial charge in [-0.05, 0) is 30.9 Å². The number of carbonyl (C=O) groups excluding carboxylic acids is 1. The summed E-state index contributed by atoms with van der Waals surface area (Å²) in [5, 5.41) is 3.50. The van der Waals surface area contributed by atoms with E-state index in [9.17, 15) is 4.79 Å². The van der Waals surface area contributed by atoms with Crippen molar-refractivity contribution in [3.05, 3.63) is 42.6 Å². The van der Waals surface area contributed by atoms with E-state index in [1.807, 2.05) is 34.8 Å². The fourth-order valence-electron chi connectivity index (χ4n) is 4.02. The van der Waals surface area contributed by atoms with Crippen molar-refractivity contribution >= 4 is 11.7 Å². The molecule has 0 radical (unpaired) electrons. The number of anilines is 1. The summed E-state index contributed by atoms with van der Waals surface area (Å²) in [6.45, 7) is 1.69. The second-order valence-corrected chi connectivity index (χ2v) is 6.56. The number of nitrogens with one attached hydrogen (secondary N) is 1. The van der Waals surface area contributed by atoms with Crippen LogP contribution in [-0.2, 0) is 7.05 Å². The van der Waals surface area contributed by atoms with Crippen molar-refractivity contribution in [1.82, 2.24) is 19.4 Å². The van der Waals surface area contributed by atoms with Crippen molar-refractivity contribution in [3.63, 3.8) is 0 Å². The largest absolute Gasteiger partial charge is 0.366 e. The van der Waals surface area contributed by atoms with Gasteiger partial charge in [0.1, 0.15) is 11.5 Å². The highest BCUT2D eigenvalue weighted by Crippen LogP contribution is 2.39. The van der Waals surface area contributed by atoms with Crippen molar-refractivity contribution in [3.8, 4) is 0 Å². The van der Waals surface area contributed by atoms with Gasteiger partial charge in [0.25, 0.3) is 5.91 Å². The Hall–Kier alpha value is -2.37. The van der Waals surface area contributed by atoms with Crippen molar-refractivity contribution in [2.24, 2.45) is 18.9 Å². The van der Waals surface area contributed by atoms with Crippen LogP contribution >= 0.6 is 0 Å². The number of hydrogen-bond donors (Lipinski definition) is 1. The smallest absolute Gasteiger partial charge is 0.270 e. The number of likely N-dealkylation sites (tertiary alicyclic amines) is 1. The highest BCUT2D eigenvalue weighted by Gasteiger charge is 2.44. The summed E-state index contributed by atoms with van der Waals surface area (Å²) in [7, 11) is 1.92. The van der Waals surface area contributed by atoms with Crippen molar-refractivity contribution in [2.75, 3.05) is 18.4 Å². The molecule has 23 heavy (non-hydrogen) atoms. The Morgan fingerprint density at radius 2 is 2.22 bits per heavy atom. The molecule has 2 aromatic heterocycles. The lowest BCUT2D eigenvalue weighted by atomic mass is 9.98. The second kappa shape index (κ2) is 5.68. The summed E-state index contributed by atoms with van der Waals surface area (Å²) >= 11 is 0. The van der Waals surface area contributed by atoms with E-state index in [2.05, 4.69) is 15.3 Å². The molecule has 2 fully saturated rings. The molecular weight excluding hydrogens is 290 g/mol. The van der Waals surface area contributed by atoms with E-state index in [0.29, 0.717) is 17.9 Å². The predicted molar refractivity (Wildman–Crippen MR) is 87.0 cm³/mol. The number of carbonyl (C=O) groups is 1. The number of fused-ring (bicyclic) bond motifs is 1. The molecular formula is C17H21N5O. The van der Waals surface area contributed by atoms with Gasteiger partial charge in [0.2, 0.25) is 0 Å². The molecule has 1 saturated carbocycles. The molecule has 6 heteroatoms. The first-order chi connectivity index (χ1) is 11.2. The van der Waals surface area contributed by atoms with E-state index in [-0.39, 0.29) is 5.91 Å². The first kappa shape index (κ1) is 14.2. The van der Waals surface area contributed by atoms with Gasteiger partial charge in [-0.1, -0.05) is 0 Å². The van der Waals surface area contributed by atoms with Crippen LogP contribution in [0.25, 0.3) is 0 Å². The van der Waals surface area contributed by atoms with Gasteiger partial charge < -0.3 is 14.8 Å². The molecule has 0 aromatic carbocycles. The lowest BCUT2D eigenvalue weighted by Gasteiger charge is -2.22. The summed E-state index contributed by atoms with van der Waals surface area (Å²) in [6, 6.07) is 4.19. The van der Waals surface area contributed by atoms with Gasteiger partial charge in [-0.25, -0.2) is 4.98 Å². The Morgan fingerprint density at radius 3 is 2.96 bits per heavy atom. The third kappa shape index (κ3) is 2.58. The lowest BCUT2D eigenvalue weighted by Crippen LogP contribution is -2.34. The molecule has 0 spiro atoms. The van der Waals surface area contributed by atoms with Gasteiger partial charge in [-0.15, -0.1) is 0 Å². The first-order valence-electron chi connectivity index (χ1n) is 8.15. The van der Waals surface area contributed by atoms with E-state index in [1.165, 1.54) is 6.42 Å². The zero-order valence-corrected chi connectivity index (χ0v) is 13.2. The first-order valence-corrected chi connectivity index (χ1v) is 8.15. The molecule has 3 heterocycles. The molecule has 1 aliphatic carbocycles. The lowest BCUT2D eigenvalue weighted by molar-refractivity contribution is 0.0770. The molecule has 0 unspecified atom stereocenters. The standard InChI is InChI=1S/C17H21N5O/c1-21-8-2-3-15(21)17(23)22-10-12-4-5-14(13(12)11-22)20-16-9-18-6-7-19-16/h2-3,6-9,12-14H,4-5,10-11H2,1H3,(H,19,20)/t12-,13+,14-/m1/s1. The second-order valence-electron chi connectivity index (χ2n) is 6.56. The van der Waals surface area contributed by atoms with Gasteiger partial charge in [0.15, 0.2) is 0 Å². The highest BCUT2D eigenvalue weighted by molar-refractivity contribution is 5.93. The van der Waals surface area contributed by atoms with Crippen molar-refractivity contribution < 1.29 is 4.79 Å². The average Bonchev–Trinajstić information content (AvgIpc) is 3.25. The zero-order chi connectivity index (χ0) is 15.8. The molecule has 1 saturated heterocycles. The normalized spacial score (nSPS) is 26.3. The molecule has 2 aliphatic rings. The van der Waals surface area contributed by atoms with Crippen LogP contribution in [0.4, 0.5) is 5.82 Å². The third-order valence-corrected chi connectivity index (χ3v) is 5.20. The van der Waals surface area contributed by atoms with Crippen LogP contribution in [-0.4, -0.2) is 44.5 Å². The molecule has 1 aliphatic heterocycles. The molecule has 2 aromatic rings. The molecule has 4 rings (SSSR count). The summed E-state index contributed by atoms with van der Waals surface area (Å²) in [6.07, 6.45) is 9.36. The zero-order valence-electron chi connectivity index (χ0n) is 13.2. The Morgan fingerprint density at radius 1 is 1.30 bits per heavy atom. The summed E-state index contributed by atoms with van der Waals surface area (Å²) in [5.74, 6) is 2.06. The molecule has 120 valence electrons. The molecule has 1 N–H and O–H groups in total. The minimum absolute atomic E-state index is 0.144. The number of aromatic nitrogens is 3. The minimum Gasteiger partial charge on any atom is -0.366 e. The monoisotopic (exact) mass is 311 g/mol. The van der Waals surface area contributed by atoms with E-state index < -0.39 is 0 Å². The predicted octanol–water partition coefficient (Wildman–Crippen LogP) is 1.78. The van der Waals surface area contributed by atoms with Crippen LogP contribution in [0.3, 0.4) is 0 Å². The topological polar surface area (TPSA) is 63.1 Å². The maximum atomic E-state index is 12.7. The third-order valence-electron chi connectivity index (χ3n) is 5.20. The maximum absolute atomic E-state index is 12.7. The van der Waals surface area contributed by atoms with Crippen LogP contribution in [0.2, 0.25) is 0 Å². The fourth-order valence-corrected chi connectivity index (χ4v) is 4.02. The molecule has 0 bridgehead atoms. The van der Waals surface area contributed by atoms with Crippen molar-refractivity contribution in [1.29, 1.82) is 0 Å². The van der Waals surface area contributed by atoms with Crippen molar-refractivity contribution in [2.45, 2.75) is 18.9 Å². The number of rotatable bonds is 3. The molecule has 3 atom stereocenters. The van der Waals surface area contributed by atoms with Gasteiger partial charge in [0, 0.05) is 50.7 Å². The van der Waals surface area contributed by atoms with Gasteiger partial charge >= 0.3 is 0 Å². The Kier molecular flexibility index (Phi) is 3.52. The summed E-state index contributed by atoms with van der Waals surface area (Å²) in [4.78, 5) is 23.1. The number of nitrogens with zero attached hydrogens (tertiary/aromatic N) is 4. The SMILES string of the molecule is Cn1cccc1C(=O)N1C[C@H]2CC[C@@H](Nc3cnccn3)[C@H]2C1. The number of amides is 1. The van der Waals surface area contributed by atoms with Gasteiger partial charge in [0.05, 0.1) is 6.20 Å². The summed E-state index contributed by atoms with van der Waals surface area (Å²) < 4.78 is 1.89. The Balaban J connectivity index is 1.45.